The Balaban J connectivity index is 2.36. The normalized spacial score (nSPS) is 10.5. The smallest absolute Gasteiger partial charge is 0.224 e. The van der Waals surface area contributed by atoms with Crippen molar-refractivity contribution in [3.63, 3.8) is 0 Å². The van der Waals surface area contributed by atoms with Crippen LogP contribution in [0.3, 0.4) is 0 Å². The molecule has 0 unspecified atom stereocenters. The van der Waals surface area contributed by atoms with E-state index in [0.29, 0.717) is 17.8 Å². The maximum absolute atomic E-state index is 13.4. The van der Waals surface area contributed by atoms with Crippen LogP contribution in [-0.2, 0) is 0 Å². The van der Waals surface area contributed by atoms with Crippen LogP contribution in [0.5, 0.6) is 0 Å². The zero-order valence-electron chi connectivity index (χ0n) is 9.14. The van der Waals surface area contributed by atoms with Crippen molar-refractivity contribution in [2.75, 3.05) is 5.32 Å². The molecule has 0 radical (unpaired) electrons. The number of anilines is 2. The number of rotatable bonds is 2. The number of nitrogens with one attached hydrogen (secondary N) is 1. The molecule has 3 nitrogen and oxygen atoms in total. The zero-order chi connectivity index (χ0) is 13.3. The highest BCUT2D eigenvalue weighted by molar-refractivity contribution is 6.28. The molecular weight excluding hydrogens is 267 g/mol. The van der Waals surface area contributed by atoms with Gasteiger partial charge < -0.3 is 5.32 Å². The molecule has 1 heterocycles. The lowest BCUT2D eigenvalue weighted by atomic mass is 10.2. The molecule has 0 aliphatic carbocycles. The minimum absolute atomic E-state index is 0.0273. The van der Waals surface area contributed by atoms with Crippen LogP contribution < -0.4 is 5.32 Å². The number of aryl methyl sites for hydroxylation is 1. The van der Waals surface area contributed by atoms with Crippen molar-refractivity contribution in [3.8, 4) is 0 Å². The van der Waals surface area contributed by atoms with Crippen LogP contribution in [0.25, 0.3) is 0 Å². The molecule has 0 saturated heterocycles. The second-order valence-electron chi connectivity index (χ2n) is 3.53. The van der Waals surface area contributed by atoms with E-state index < -0.39 is 17.5 Å². The molecule has 1 N–H and O–H groups in total. The van der Waals surface area contributed by atoms with Gasteiger partial charge in [0, 0.05) is 23.9 Å². The molecule has 0 saturated carbocycles. The minimum atomic E-state index is -1.25. The first-order valence-electron chi connectivity index (χ1n) is 4.88. The van der Waals surface area contributed by atoms with Gasteiger partial charge >= 0.3 is 0 Å². The van der Waals surface area contributed by atoms with Gasteiger partial charge in [0.25, 0.3) is 0 Å². The summed E-state index contributed by atoms with van der Waals surface area (Å²) in [4.78, 5) is 7.60. The van der Waals surface area contributed by atoms with E-state index in [9.17, 15) is 13.2 Å². The van der Waals surface area contributed by atoms with E-state index in [1.54, 1.807) is 6.92 Å². The number of hydrogen-bond donors (Lipinski definition) is 1. The van der Waals surface area contributed by atoms with Crippen molar-refractivity contribution < 1.29 is 13.2 Å². The Morgan fingerprint density at radius 2 is 1.67 bits per heavy atom. The Labute approximate surface area is 106 Å². The van der Waals surface area contributed by atoms with E-state index in [1.807, 2.05) is 0 Å². The van der Waals surface area contributed by atoms with Crippen molar-refractivity contribution in [2.24, 2.45) is 0 Å². The molecule has 0 amide bonds. The van der Waals surface area contributed by atoms with Gasteiger partial charge in [0.15, 0.2) is 11.6 Å². The van der Waals surface area contributed by atoms with Crippen molar-refractivity contribution in [2.45, 2.75) is 6.92 Å². The summed E-state index contributed by atoms with van der Waals surface area (Å²) >= 11 is 5.62. The van der Waals surface area contributed by atoms with Gasteiger partial charge in [0.2, 0.25) is 5.28 Å². The van der Waals surface area contributed by atoms with Crippen molar-refractivity contribution >= 4 is 23.1 Å². The van der Waals surface area contributed by atoms with Crippen LogP contribution in [0.1, 0.15) is 5.69 Å². The van der Waals surface area contributed by atoms with Gasteiger partial charge in [0.05, 0.1) is 5.69 Å². The lowest BCUT2D eigenvalue weighted by molar-refractivity contribution is 0.496. The SMILES string of the molecule is Cc1cc(Nc2cc(F)c(F)cc2F)nc(Cl)n1. The maximum Gasteiger partial charge on any atom is 0.224 e. The molecule has 1 aromatic heterocycles. The average Bonchev–Trinajstić information content (AvgIpc) is 2.24. The van der Waals surface area contributed by atoms with Gasteiger partial charge in [-0.2, -0.15) is 0 Å². The number of hydrogen-bond acceptors (Lipinski definition) is 3. The monoisotopic (exact) mass is 273 g/mol. The second kappa shape index (κ2) is 4.81. The molecule has 0 bridgehead atoms. The number of aromatic nitrogens is 2. The Morgan fingerprint density at radius 3 is 2.33 bits per heavy atom. The molecular formula is C11H7ClF3N3. The highest BCUT2D eigenvalue weighted by Crippen LogP contribution is 2.22. The van der Waals surface area contributed by atoms with E-state index in [1.165, 1.54) is 6.07 Å². The van der Waals surface area contributed by atoms with Crippen LogP contribution in [0.2, 0.25) is 5.28 Å². The Kier molecular flexibility index (Phi) is 3.38. The summed E-state index contributed by atoms with van der Waals surface area (Å²) in [6, 6.07) is 2.65. The summed E-state index contributed by atoms with van der Waals surface area (Å²) in [6.45, 7) is 1.67. The van der Waals surface area contributed by atoms with Crippen molar-refractivity contribution in [1.29, 1.82) is 0 Å². The van der Waals surface area contributed by atoms with Gasteiger partial charge in [-0.25, -0.2) is 23.1 Å². The molecule has 7 heteroatoms. The summed E-state index contributed by atoms with van der Waals surface area (Å²) in [6.07, 6.45) is 0. The number of halogens is 4. The molecule has 2 rings (SSSR count). The van der Waals surface area contributed by atoms with Gasteiger partial charge in [-0.05, 0) is 18.5 Å². The van der Waals surface area contributed by atoms with E-state index in [4.69, 9.17) is 11.6 Å². The third-order valence-electron chi connectivity index (χ3n) is 2.10. The minimum Gasteiger partial charge on any atom is -0.338 e. The van der Waals surface area contributed by atoms with Gasteiger partial charge in [0.1, 0.15) is 11.6 Å². The zero-order valence-corrected chi connectivity index (χ0v) is 9.89. The highest BCUT2D eigenvalue weighted by atomic mass is 35.5. The van der Waals surface area contributed by atoms with Gasteiger partial charge in [-0.15, -0.1) is 0 Å². The topological polar surface area (TPSA) is 37.8 Å². The molecule has 0 aliphatic rings. The average molecular weight is 274 g/mol. The quantitative estimate of drug-likeness (QED) is 0.671. The molecule has 0 atom stereocenters. The summed E-state index contributed by atoms with van der Waals surface area (Å²) < 4.78 is 39.1. The fourth-order valence-electron chi connectivity index (χ4n) is 1.35. The highest BCUT2D eigenvalue weighted by Gasteiger charge is 2.11. The first-order valence-corrected chi connectivity index (χ1v) is 5.26. The lowest BCUT2D eigenvalue weighted by Crippen LogP contribution is -2.00. The molecule has 94 valence electrons. The molecule has 2 aromatic rings. The number of benzene rings is 1. The Hall–Kier alpha value is -1.82. The first kappa shape index (κ1) is 12.6. The van der Waals surface area contributed by atoms with Crippen LogP contribution in [0, 0.1) is 24.4 Å². The molecule has 0 aliphatic heterocycles. The van der Waals surface area contributed by atoms with E-state index >= 15 is 0 Å². The fourth-order valence-corrected chi connectivity index (χ4v) is 1.58. The van der Waals surface area contributed by atoms with E-state index in [0.717, 1.165) is 0 Å². The summed E-state index contributed by atoms with van der Waals surface area (Å²) in [5.41, 5.74) is 0.323. The summed E-state index contributed by atoms with van der Waals surface area (Å²) in [5, 5.41) is 2.48. The predicted octanol–water partition coefficient (Wildman–Crippen LogP) is 3.60. The maximum atomic E-state index is 13.4. The van der Waals surface area contributed by atoms with Crippen LogP contribution in [-0.4, -0.2) is 9.97 Å². The van der Waals surface area contributed by atoms with E-state index in [2.05, 4.69) is 15.3 Å². The fraction of sp³-hybridized carbons (Fsp3) is 0.0909. The third kappa shape index (κ3) is 2.70. The van der Waals surface area contributed by atoms with Gasteiger partial charge in [-0.1, -0.05) is 0 Å². The summed E-state index contributed by atoms with van der Waals surface area (Å²) in [7, 11) is 0. The molecule has 0 fully saturated rings. The summed E-state index contributed by atoms with van der Waals surface area (Å²) in [5.74, 6) is -3.15. The van der Waals surface area contributed by atoms with Crippen LogP contribution >= 0.6 is 11.6 Å². The number of nitrogens with zero attached hydrogens (tertiary/aromatic N) is 2. The Bertz CT molecular complexity index is 584. The van der Waals surface area contributed by atoms with Crippen molar-refractivity contribution in [1.82, 2.24) is 9.97 Å². The van der Waals surface area contributed by atoms with E-state index in [-0.39, 0.29) is 16.8 Å². The first-order chi connectivity index (χ1) is 8.45. The molecule has 18 heavy (non-hydrogen) atoms. The second-order valence-corrected chi connectivity index (χ2v) is 3.87. The van der Waals surface area contributed by atoms with Crippen LogP contribution in [0.4, 0.5) is 24.7 Å². The van der Waals surface area contributed by atoms with Crippen molar-refractivity contribution in [3.05, 3.63) is 46.6 Å². The third-order valence-corrected chi connectivity index (χ3v) is 2.27. The Morgan fingerprint density at radius 1 is 1.00 bits per heavy atom. The molecule has 0 spiro atoms. The predicted molar refractivity (Wildman–Crippen MR) is 61.4 cm³/mol. The standard InChI is InChI=1S/C11H7ClF3N3/c1-5-2-10(18-11(12)16-5)17-9-4-7(14)6(13)3-8(9)15/h2-4H,1H3,(H,16,17,18). The largest absolute Gasteiger partial charge is 0.338 e. The molecule has 1 aromatic carbocycles. The van der Waals surface area contributed by atoms with Gasteiger partial charge in [-0.3, -0.25) is 0 Å². The lowest BCUT2D eigenvalue weighted by Gasteiger charge is -2.08. The van der Waals surface area contributed by atoms with Crippen LogP contribution in [0.15, 0.2) is 18.2 Å².